The van der Waals surface area contributed by atoms with Gasteiger partial charge in [0.1, 0.15) is 0 Å². The lowest BCUT2D eigenvalue weighted by Gasteiger charge is -2.12. The van der Waals surface area contributed by atoms with Gasteiger partial charge in [-0.05, 0) is 23.8 Å². The van der Waals surface area contributed by atoms with Crippen molar-refractivity contribution in [3.05, 3.63) is 36.2 Å². The number of nitrogens with one attached hydrogen (secondary N) is 1. The van der Waals surface area contributed by atoms with Gasteiger partial charge in [0, 0.05) is 25.5 Å². The van der Waals surface area contributed by atoms with Crippen molar-refractivity contribution in [3.8, 4) is 17.2 Å². The zero-order valence-corrected chi connectivity index (χ0v) is 11.7. The first-order valence-electron chi connectivity index (χ1n) is 6.36. The van der Waals surface area contributed by atoms with Gasteiger partial charge >= 0.3 is 0 Å². The second-order valence-corrected chi connectivity index (χ2v) is 4.29. The van der Waals surface area contributed by atoms with Crippen LogP contribution in [0.25, 0.3) is 0 Å². The van der Waals surface area contributed by atoms with E-state index in [9.17, 15) is 5.11 Å². The molecule has 6 nitrogen and oxygen atoms in total. The minimum atomic E-state index is 0.0234. The van der Waals surface area contributed by atoms with Crippen LogP contribution in [0.15, 0.2) is 30.6 Å². The van der Waals surface area contributed by atoms with Gasteiger partial charge in [-0.15, -0.1) is 0 Å². The molecule has 0 aliphatic rings. The molecule has 2 N–H and O–H groups in total. The Labute approximate surface area is 117 Å². The third-order valence-electron chi connectivity index (χ3n) is 2.95. The van der Waals surface area contributed by atoms with Crippen molar-refractivity contribution in [3.63, 3.8) is 0 Å². The zero-order valence-electron chi connectivity index (χ0n) is 11.7. The molecule has 0 spiro atoms. The summed E-state index contributed by atoms with van der Waals surface area (Å²) in [5, 5.41) is 17.3. The molecule has 0 bridgehead atoms. The molecule has 0 saturated carbocycles. The summed E-state index contributed by atoms with van der Waals surface area (Å²) >= 11 is 0. The second kappa shape index (κ2) is 6.81. The van der Waals surface area contributed by atoms with Crippen LogP contribution in [-0.2, 0) is 13.1 Å². The average molecular weight is 277 g/mol. The van der Waals surface area contributed by atoms with Gasteiger partial charge in [-0.2, -0.15) is 5.10 Å². The van der Waals surface area contributed by atoms with E-state index in [0.717, 1.165) is 18.7 Å². The third-order valence-corrected chi connectivity index (χ3v) is 2.95. The fraction of sp³-hybridized carbons (Fsp3) is 0.357. The monoisotopic (exact) mass is 277 g/mol. The number of phenolic OH excluding ortho intramolecular Hbond substituents is 1. The van der Waals surface area contributed by atoms with E-state index >= 15 is 0 Å². The Hall–Kier alpha value is -2.21. The normalized spacial score (nSPS) is 10.5. The summed E-state index contributed by atoms with van der Waals surface area (Å²) in [5.74, 6) is 0.844. The molecule has 0 radical (unpaired) electrons. The Bertz CT molecular complexity index is 516. The van der Waals surface area contributed by atoms with Gasteiger partial charge in [0.15, 0.2) is 11.5 Å². The fourth-order valence-corrected chi connectivity index (χ4v) is 1.91. The number of phenols is 1. The van der Waals surface area contributed by atoms with E-state index < -0.39 is 0 Å². The summed E-state index contributed by atoms with van der Waals surface area (Å²) in [5.41, 5.74) is 0.983. The lowest BCUT2D eigenvalue weighted by atomic mass is 10.2. The quantitative estimate of drug-likeness (QED) is 0.749. The Morgan fingerprint density at radius 1 is 1.25 bits per heavy atom. The first-order chi connectivity index (χ1) is 9.74. The van der Waals surface area contributed by atoms with E-state index in [1.807, 2.05) is 16.9 Å². The maximum Gasteiger partial charge on any atom is 0.200 e. The van der Waals surface area contributed by atoms with Gasteiger partial charge in [0.2, 0.25) is 5.75 Å². The smallest absolute Gasteiger partial charge is 0.200 e. The van der Waals surface area contributed by atoms with E-state index in [-0.39, 0.29) is 5.75 Å². The van der Waals surface area contributed by atoms with E-state index in [1.165, 1.54) is 14.2 Å². The number of methoxy groups -OCH3 is 2. The Morgan fingerprint density at radius 2 is 1.95 bits per heavy atom. The Kier molecular flexibility index (Phi) is 4.84. The standard InChI is InChI=1S/C14H19N3O3/c1-19-12-8-11(9-13(20-2)14(12)18)10-15-5-7-17-6-3-4-16-17/h3-4,6,8-9,15,18H,5,7,10H2,1-2H3. The van der Waals surface area contributed by atoms with Crippen LogP contribution >= 0.6 is 0 Å². The highest BCUT2D eigenvalue weighted by Crippen LogP contribution is 2.36. The summed E-state index contributed by atoms with van der Waals surface area (Å²) < 4.78 is 12.1. The van der Waals surface area contributed by atoms with Crippen LogP contribution in [0.3, 0.4) is 0 Å². The molecule has 0 aliphatic heterocycles. The highest BCUT2D eigenvalue weighted by atomic mass is 16.5. The molecule has 0 atom stereocenters. The first-order valence-corrected chi connectivity index (χ1v) is 6.36. The molecule has 0 fully saturated rings. The predicted molar refractivity (Wildman–Crippen MR) is 75.1 cm³/mol. The molecule has 20 heavy (non-hydrogen) atoms. The zero-order chi connectivity index (χ0) is 14.4. The molecule has 108 valence electrons. The van der Waals surface area contributed by atoms with Crippen LogP contribution in [0.1, 0.15) is 5.56 Å². The van der Waals surface area contributed by atoms with E-state index in [1.54, 1.807) is 18.3 Å². The minimum Gasteiger partial charge on any atom is -0.502 e. The maximum atomic E-state index is 9.83. The number of aromatic hydroxyl groups is 1. The van der Waals surface area contributed by atoms with Crippen molar-refractivity contribution in [2.24, 2.45) is 0 Å². The highest BCUT2D eigenvalue weighted by molar-refractivity contribution is 5.52. The van der Waals surface area contributed by atoms with Crippen molar-refractivity contribution < 1.29 is 14.6 Å². The minimum absolute atomic E-state index is 0.0234. The molecule has 2 aromatic rings. The summed E-state index contributed by atoms with van der Waals surface area (Å²) in [6.45, 7) is 2.26. The fourth-order valence-electron chi connectivity index (χ4n) is 1.91. The van der Waals surface area contributed by atoms with Crippen LogP contribution < -0.4 is 14.8 Å². The SMILES string of the molecule is COc1cc(CNCCn2cccn2)cc(OC)c1O. The molecule has 6 heteroatoms. The van der Waals surface area contributed by atoms with E-state index in [0.29, 0.717) is 18.0 Å². The Morgan fingerprint density at radius 3 is 2.50 bits per heavy atom. The predicted octanol–water partition coefficient (Wildman–Crippen LogP) is 1.40. The molecule has 0 unspecified atom stereocenters. The van der Waals surface area contributed by atoms with E-state index in [4.69, 9.17) is 9.47 Å². The molecule has 1 aromatic heterocycles. The number of ether oxygens (including phenoxy) is 2. The van der Waals surface area contributed by atoms with Gasteiger partial charge in [-0.1, -0.05) is 0 Å². The van der Waals surface area contributed by atoms with E-state index in [2.05, 4.69) is 10.4 Å². The van der Waals surface area contributed by atoms with Crippen molar-refractivity contribution in [1.82, 2.24) is 15.1 Å². The van der Waals surface area contributed by atoms with Gasteiger partial charge < -0.3 is 19.9 Å². The number of rotatable bonds is 7. The number of aromatic nitrogens is 2. The molecule has 2 rings (SSSR count). The van der Waals surface area contributed by atoms with Gasteiger partial charge in [0.05, 0.1) is 20.8 Å². The maximum absolute atomic E-state index is 9.83. The van der Waals surface area contributed by atoms with Crippen LogP contribution in [0.5, 0.6) is 17.2 Å². The molecular weight excluding hydrogens is 258 g/mol. The van der Waals surface area contributed by atoms with Crippen molar-refractivity contribution in [2.75, 3.05) is 20.8 Å². The highest BCUT2D eigenvalue weighted by Gasteiger charge is 2.10. The van der Waals surface area contributed by atoms with Crippen molar-refractivity contribution >= 4 is 0 Å². The van der Waals surface area contributed by atoms with Crippen LogP contribution in [-0.4, -0.2) is 35.7 Å². The average Bonchev–Trinajstić information content (AvgIpc) is 2.98. The molecular formula is C14H19N3O3. The second-order valence-electron chi connectivity index (χ2n) is 4.29. The van der Waals surface area contributed by atoms with Crippen molar-refractivity contribution in [2.45, 2.75) is 13.1 Å². The number of hydrogen-bond acceptors (Lipinski definition) is 5. The number of benzene rings is 1. The topological polar surface area (TPSA) is 68.5 Å². The molecule has 0 aliphatic carbocycles. The van der Waals surface area contributed by atoms with Gasteiger partial charge in [-0.25, -0.2) is 0 Å². The van der Waals surface area contributed by atoms with Crippen LogP contribution in [0.4, 0.5) is 0 Å². The molecule has 1 aromatic carbocycles. The number of nitrogens with zero attached hydrogens (tertiary/aromatic N) is 2. The number of hydrogen-bond donors (Lipinski definition) is 2. The lowest BCUT2D eigenvalue weighted by Crippen LogP contribution is -2.19. The lowest BCUT2D eigenvalue weighted by molar-refractivity contribution is 0.339. The van der Waals surface area contributed by atoms with Gasteiger partial charge in [-0.3, -0.25) is 4.68 Å². The van der Waals surface area contributed by atoms with Crippen LogP contribution in [0, 0.1) is 0 Å². The summed E-state index contributed by atoms with van der Waals surface area (Å²) in [4.78, 5) is 0. The molecule has 1 heterocycles. The van der Waals surface area contributed by atoms with Crippen molar-refractivity contribution in [1.29, 1.82) is 0 Å². The summed E-state index contributed by atoms with van der Waals surface area (Å²) in [6, 6.07) is 5.48. The largest absolute Gasteiger partial charge is 0.502 e. The third kappa shape index (κ3) is 3.42. The summed E-state index contributed by atoms with van der Waals surface area (Å²) in [7, 11) is 3.03. The molecule has 0 saturated heterocycles. The first kappa shape index (κ1) is 14.2. The van der Waals surface area contributed by atoms with Gasteiger partial charge in [0.25, 0.3) is 0 Å². The summed E-state index contributed by atoms with van der Waals surface area (Å²) in [6.07, 6.45) is 3.68. The molecule has 0 amide bonds. The Balaban J connectivity index is 1.92. The van der Waals surface area contributed by atoms with Crippen LogP contribution in [0.2, 0.25) is 0 Å².